The van der Waals surface area contributed by atoms with E-state index in [2.05, 4.69) is 19.7 Å². The summed E-state index contributed by atoms with van der Waals surface area (Å²) in [5.74, 6) is -0.00813. The van der Waals surface area contributed by atoms with Crippen molar-refractivity contribution < 1.29 is 4.79 Å². The van der Waals surface area contributed by atoms with Crippen LogP contribution in [0.5, 0.6) is 0 Å². The first-order valence-corrected chi connectivity index (χ1v) is 6.47. The molecule has 0 saturated heterocycles. The van der Waals surface area contributed by atoms with Crippen molar-refractivity contribution in [2.45, 2.75) is 38.6 Å². The molecule has 0 aliphatic carbocycles. The van der Waals surface area contributed by atoms with E-state index in [4.69, 9.17) is 0 Å². The van der Waals surface area contributed by atoms with Crippen LogP contribution in [0.1, 0.15) is 32.6 Å². The molecule has 0 spiro atoms. The van der Waals surface area contributed by atoms with Crippen molar-refractivity contribution in [3.63, 3.8) is 0 Å². The molecule has 0 radical (unpaired) electrons. The highest BCUT2D eigenvalue weighted by Gasteiger charge is 2.19. The first-order chi connectivity index (χ1) is 8.71. The van der Waals surface area contributed by atoms with Crippen LogP contribution in [0.25, 0.3) is 0 Å². The maximum atomic E-state index is 11.9. The number of carbonyl (C=O) groups excluding carboxylic acids is 1. The number of carbonyl (C=O) groups is 1. The van der Waals surface area contributed by atoms with Crippen molar-refractivity contribution in [2.75, 3.05) is 6.54 Å². The van der Waals surface area contributed by atoms with E-state index in [0.717, 1.165) is 25.7 Å². The van der Waals surface area contributed by atoms with Crippen LogP contribution in [0, 0.1) is 0 Å². The number of rotatable bonds is 10. The van der Waals surface area contributed by atoms with Gasteiger partial charge in [0.05, 0.1) is 0 Å². The molecule has 0 saturated carbocycles. The fraction of sp³-hybridized carbons (Fsp3) is 0.438. The second kappa shape index (κ2) is 10.6. The number of hydrogen-bond acceptors (Lipinski definition) is 1. The maximum Gasteiger partial charge on any atom is 0.246 e. The lowest BCUT2D eigenvalue weighted by Gasteiger charge is -2.30. The Labute approximate surface area is 111 Å². The molecule has 100 valence electrons. The van der Waals surface area contributed by atoms with Gasteiger partial charge in [-0.15, -0.1) is 13.2 Å². The van der Waals surface area contributed by atoms with Crippen LogP contribution in [0.15, 0.2) is 50.1 Å². The summed E-state index contributed by atoms with van der Waals surface area (Å²) in [6, 6.07) is 0.225. The summed E-state index contributed by atoms with van der Waals surface area (Å²) in [5.41, 5.74) is 0. The van der Waals surface area contributed by atoms with Gasteiger partial charge in [-0.2, -0.15) is 0 Å². The molecule has 0 unspecified atom stereocenters. The molecule has 0 aliphatic rings. The normalized spacial score (nSPS) is 10.6. The molecule has 0 aromatic carbocycles. The third kappa shape index (κ3) is 6.24. The molecule has 0 bridgehead atoms. The molecule has 0 rings (SSSR count). The van der Waals surface area contributed by atoms with Crippen LogP contribution in [-0.4, -0.2) is 23.4 Å². The summed E-state index contributed by atoms with van der Waals surface area (Å²) in [6.45, 7) is 13.7. The predicted molar refractivity (Wildman–Crippen MR) is 79.4 cm³/mol. The lowest BCUT2D eigenvalue weighted by Crippen LogP contribution is -2.39. The smallest absolute Gasteiger partial charge is 0.246 e. The van der Waals surface area contributed by atoms with Gasteiger partial charge >= 0.3 is 0 Å². The minimum atomic E-state index is -0.00813. The third-order valence-corrected chi connectivity index (χ3v) is 2.84. The molecule has 0 fully saturated rings. The molecule has 2 heteroatoms. The first kappa shape index (κ1) is 16.4. The second-order valence-corrected chi connectivity index (χ2v) is 4.15. The zero-order valence-corrected chi connectivity index (χ0v) is 11.5. The van der Waals surface area contributed by atoms with Crippen molar-refractivity contribution in [1.29, 1.82) is 0 Å². The summed E-state index contributed by atoms with van der Waals surface area (Å²) < 4.78 is 0. The van der Waals surface area contributed by atoms with Crippen LogP contribution >= 0.6 is 0 Å². The highest BCUT2D eigenvalue weighted by atomic mass is 16.2. The molecular formula is C16H25NO. The van der Waals surface area contributed by atoms with E-state index in [1.807, 2.05) is 36.1 Å². The number of allylic oxidation sites excluding steroid dienone is 3. The van der Waals surface area contributed by atoms with Crippen LogP contribution in [-0.2, 0) is 4.79 Å². The zero-order chi connectivity index (χ0) is 13.8. The van der Waals surface area contributed by atoms with Crippen molar-refractivity contribution in [1.82, 2.24) is 4.90 Å². The van der Waals surface area contributed by atoms with Crippen molar-refractivity contribution >= 4 is 5.91 Å². The van der Waals surface area contributed by atoms with Gasteiger partial charge < -0.3 is 4.90 Å². The highest BCUT2D eigenvalue weighted by molar-refractivity contribution is 5.87. The van der Waals surface area contributed by atoms with Crippen LogP contribution in [0.4, 0.5) is 0 Å². The Kier molecular flexibility index (Phi) is 9.65. The lowest BCUT2D eigenvalue weighted by molar-refractivity contribution is -0.127. The fourth-order valence-corrected chi connectivity index (χ4v) is 1.83. The van der Waals surface area contributed by atoms with Crippen LogP contribution in [0.3, 0.4) is 0 Å². The van der Waals surface area contributed by atoms with E-state index in [1.54, 1.807) is 0 Å². The van der Waals surface area contributed by atoms with Gasteiger partial charge in [0.25, 0.3) is 0 Å². The van der Waals surface area contributed by atoms with Crippen molar-refractivity contribution in [3.8, 4) is 0 Å². The van der Waals surface area contributed by atoms with E-state index < -0.39 is 0 Å². The summed E-state index contributed by atoms with van der Waals surface area (Å²) in [4.78, 5) is 13.8. The van der Waals surface area contributed by atoms with Gasteiger partial charge in [0.2, 0.25) is 5.91 Å². The summed E-state index contributed by atoms with van der Waals surface area (Å²) >= 11 is 0. The van der Waals surface area contributed by atoms with Gasteiger partial charge in [0.1, 0.15) is 0 Å². The standard InChI is InChI=1S/C16H25NO/c1-5-9-12-15(13-10-6-2)17(14-11-7-3)16(18)8-4/h5-8,11,15H,1-2,4,9-10,12-14H2,3H3/b11-7+. The van der Waals surface area contributed by atoms with Crippen molar-refractivity contribution in [3.05, 3.63) is 50.1 Å². The minimum absolute atomic E-state index is 0.00813. The van der Waals surface area contributed by atoms with E-state index in [0.29, 0.717) is 6.54 Å². The maximum absolute atomic E-state index is 11.9. The Bertz CT molecular complexity index is 292. The molecular weight excluding hydrogens is 222 g/mol. The Hall–Kier alpha value is -1.57. The van der Waals surface area contributed by atoms with Crippen molar-refractivity contribution in [2.24, 2.45) is 0 Å². The van der Waals surface area contributed by atoms with E-state index in [1.165, 1.54) is 6.08 Å². The highest BCUT2D eigenvalue weighted by Crippen LogP contribution is 2.15. The molecule has 0 aliphatic heterocycles. The number of hydrogen-bond donors (Lipinski definition) is 0. The molecule has 0 aromatic rings. The first-order valence-electron chi connectivity index (χ1n) is 6.47. The van der Waals surface area contributed by atoms with E-state index >= 15 is 0 Å². The SMILES string of the molecule is C=CCCC(CCC=C)N(C/C=C/C)C(=O)C=C. The van der Waals surface area contributed by atoms with Gasteiger partial charge in [-0.05, 0) is 38.7 Å². The Morgan fingerprint density at radius 3 is 2.11 bits per heavy atom. The van der Waals surface area contributed by atoms with Crippen LogP contribution in [0.2, 0.25) is 0 Å². The predicted octanol–water partition coefficient (Wildman–Crippen LogP) is 3.88. The quantitative estimate of drug-likeness (QED) is 0.424. The minimum Gasteiger partial charge on any atom is -0.332 e. The third-order valence-electron chi connectivity index (χ3n) is 2.84. The second-order valence-electron chi connectivity index (χ2n) is 4.15. The van der Waals surface area contributed by atoms with Gasteiger partial charge in [-0.3, -0.25) is 4.79 Å². The Morgan fingerprint density at radius 2 is 1.72 bits per heavy atom. The van der Waals surface area contributed by atoms with Gasteiger partial charge in [0, 0.05) is 12.6 Å². The molecule has 0 atom stereocenters. The zero-order valence-electron chi connectivity index (χ0n) is 11.5. The Balaban J connectivity index is 4.78. The van der Waals surface area contributed by atoms with Crippen LogP contribution < -0.4 is 0 Å². The number of nitrogens with zero attached hydrogens (tertiary/aromatic N) is 1. The molecule has 2 nitrogen and oxygen atoms in total. The molecule has 18 heavy (non-hydrogen) atoms. The van der Waals surface area contributed by atoms with Gasteiger partial charge in [0.15, 0.2) is 0 Å². The summed E-state index contributed by atoms with van der Waals surface area (Å²) in [5, 5.41) is 0. The van der Waals surface area contributed by atoms with E-state index in [9.17, 15) is 4.79 Å². The Morgan fingerprint density at radius 1 is 1.17 bits per heavy atom. The monoisotopic (exact) mass is 247 g/mol. The molecule has 0 aromatic heterocycles. The van der Waals surface area contributed by atoms with E-state index in [-0.39, 0.29) is 11.9 Å². The summed E-state index contributed by atoms with van der Waals surface area (Å²) in [6.07, 6.45) is 12.8. The lowest BCUT2D eigenvalue weighted by atomic mass is 10.0. The molecule has 0 N–H and O–H groups in total. The average molecular weight is 247 g/mol. The fourth-order valence-electron chi connectivity index (χ4n) is 1.83. The van der Waals surface area contributed by atoms with Gasteiger partial charge in [-0.25, -0.2) is 0 Å². The largest absolute Gasteiger partial charge is 0.332 e. The summed E-state index contributed by atoms with van der Waals surface area (Å²) in [7, 11) is 0. The van der Waals surface area contributed by atoms with Gasteiger partial charge in [-0.1, -0.05) is 30.9 Å². The molecule has 1 amide bonds. The topological polar surface area (TPSA) is 20.3 Å². The average Bonchev–Trinajstić information content (AvgIpc) is 2.40. The number of amides is 1. The molecule has 0 heterocycles.